The monoisotopic (exact) mass is 348 g/mol. The Balaban J connectivity index is 0.00000121. The maximum Gasteiger partial charge on any atom is 0.128 e. The Morgan fingerprint density at radius 1 is 1.14 bits per heavy atom. The van der Waals surface area contributed by atoms with Crippen LogP contribution >= 0.6 is 24.8 Å². The fourth-order valence-electron chi connectivity index (χ4n) is 3.85. The Morgan fingerprint density at radius 3 is 2.36 bits per heavy atom. The van der Waals surface area contributed by atoms with Crippen molar-refractivity contribution in [2.24, 2.45) is 5.92 Å². The van der Waals surface area contributed by atoms with Crippen LogP contribution in [0, 0.1) is 18.7 Å². The van der Waals surface area contributed by atoms with E-state index in [1.807, 2.05) is 13.0 Å². The van der Waals surface area contributed by atoms with E-state index in [1.54, 1.807) is 6.07 Å². The molecule has 0 unspecified atom stereocenters. The zero-order valence-corrected chi connectivity index (χ0v) is 14.8. The number of piperazine rings is 1. The molecule has 22 heavy (non-hydrogen) atoms. The van der Waals surface area contributed by atoms with Gasteiger partial charge in [0.1, 0.15) is 5.82 Å². The molecule has 1 heterocycles. The van der Waals surface area contributed by atoms with E-state index >= 15 is 0 Å². The van der Waals surface area contributed by atoms with Crippen LogP contribution in [0.2, 0.25) is 0 Å². The lowest BCUT2D eigenvalue weighted by atomic mass is 9.89. The molecule has 1 aliphatic carbocycles. The van der Waals surface area contributed by atoms with E-state index in [0.717, 1.165) is 37.3 Å². The topological polar surface area (TPSA) is 15.3 Å². The van der Waals surface area contributed by atoms with Crippen LogP contribution in [0.3, 0.4) is 0 Å². The molecule has 0 bridgehead atoms. The Hall–Kier alpha value is -0.350. The van der Waals surface area contributed by atoms with Gasteiger partial charge in [0.25, 0.3) is 0 Å². The lowest BCUT2D eigenvalue weighted by molar-refractivity contribution is 0.122. The number of nitrogens with zero attached hydrogens (tertiary/aromatic N) is 1. The van der Waals surface area contributed by atoms with Gasteiger partial charge in [-0.25, -0.2) is 4.39 Å². The number of hydrogen-bond donors (Lipinski definition) is 1. The fourth-order valence-corrected chi connectivity index (χ4v) is 3.85. The summed E-state index contributed by atoms with van der Waals surface area (Å²) in [7, 11) is 0. The molecule has 126 valence electrons. The van der Waals surface area contributed by atoms with Gasteiger partial charge in [-0.05, 0) is 37.3 Å². The molecule has 2 fully saturated rings. The zero-order chi connectivity index (χ0) is 13.9. The summed E-state index contributed by atoms with van der Waals surface area (Å²) in [6.45, 7) is 6.08. The maximum absolute atomic E-state index is 14.5. The number of rotatable bonds is 3. The molecule has 0 spiro atoms. The Labute approximate surface area is 145 Å². The first-order valence-corrected chi connectivity index (χ1v) is 7.96. The molecule has 1 aliphatic heterocycles. The average molecular weight is 349 g/mol. The fraction of sp³-hybridized carbons (Fsp3) is 0.647. The summed E-state index contributed by atoms with van der Waals surface area (Å²) >= 11 is 0. The first kappa shape index (κ1) is 19.7. The van der Waals surface area contributed by atoms with Crippen LogP contribution in [-0.4, -0.2) is 31.1 Å². The van der Waals surface area contributed by atoms with Crippen molar-refractivity contribution in [2.75, 3.05) is 26.2 Å². The third-order valence-corrected chi connectivity index (χ3v) is 4.87. The number of halogens is 3. The van der Waals surface area contributed by atoms with Crippen LogP contribution in [0.25, 0.3) is 0 Å². The molecule has 0 amide bonds. The summed E-state index contributed by atoms with van der Waals surface area (Å²) in [6.07, 6.45) is 5.12. The number of nitrogens with one attached hydrogen (secondary N) is 1. The van der Waals surface area contributed by atoms with Crippen LogP contribution in [-0.2, 0) is 0 Å². The van der Waals surface area contributed by atoms with Crippen molar-refractivity contribution in [3.8, 4) is 0 Å². The zero-order valence-electron chi connectivity index (χ0n) is 13.2. The van der Waals surface area contributed by atoms with Crippen molar-refractivity contribution < 1.29 is 4.39 Å². The summed E-state index contributed by atoms with van der Waals surface area (Å²) in [5.74, 6) is 0.616. The second-order valence-electron chi connectivity index (χ2n) is 6.30. The van der Waals surface area contributed by atoms with Gasteiger partial charge in [-0.2, -0.15) is 0 Å². The smallest absolute Gasteiger partial charge is 0.128 e. The van der Waals surface area contributed by atoms with E-state index < -0.39 is 0 Å². The van der Waals surface area contributed by atoms with Crippen LogP contribution in [0.15, 0.2) is 18.2 Å². The van der Waals surface area contributed by atoms with Crippen LogP contribution in [0.5, 0.6) is 0 Å². The van der Waals surface area contributed by atoms with E-state index in [0.29, 0.717) is 5.92 Å². The van der Waals surface area contributed by atoms with E-state index in [9.17, 15) is 4.39 Å². The minimum atomic E-state index is -0.0135. The Bertz CT molecular complexity index is 458. The molecule has 1 saturated carbocycles. The highest BCUT2D eigenvalue weighted by Crippen LogP contribution is 2.40. The van der Waals surface area contributed by atoms with Crippen molar-refractivity contribution in [1.82, 2.24) is 10.2 Å². The van der Waals surface area contributed by atoms with Gasteiger partial charge in [-0.15, -0.1) is 24.8 Å². The Morgan fingerprint density at radius 2 is 1.77 bits per heavy atom. The lowest BCUT2D eigenvalue weighted by Gasteiger charge is -2.38. The second kappa shape index (κ2) is 9.07. The normalized spacial score (nSPS) is 21.0. The largest absolute Gasteiger partial charge is 0.314 e. The van der Waals surface area contributed by atoms with E-state index in [4.69, 9.17) is 0 Å². The van der Waals surface area contributed by atoms with Crippen LogP contribution < -0.4 is 5.32 Å². The third-order valence-electron chi connectivity index (χ3n) is 4.87. The van der Waals surface area contributed by atoms with Crippen molar-refractivity contribution >= 4 is 24.8 Å². The Kier molecular flexibility index (Phi) is 8.12. The first-order chi connectivity index (χ1) is 9.75. The van der Waals surface area contributed by atoms with Gasteiger partial charge in [0.05, 0.1) is 0 Å². The van der Waals surface area contributed by atoms with Crippen LogP contribution in [0.1, 0.15) is 42.9 Å². The van der Waals surface area contributed by atoms with Gasteiger partial charge < -0.3 is 5.32 Å². The standard InChI is InChI=1S/C17H25FN2.2ClH/c1-13-6-7-15(16(18)12-13)17(14-4-2-3-5-14)20-10-8-19-9-11-20;;/h6-7,12,14,17,19H,2-5,8-11H2,1H3;2*1H/t17-;;/m0../s1. The van der Waals surface area contributed by atoms with Crippen molar-refractivity contribution in [3.05, 3.63) is 35.1 Å². The molecule has 0 aromatic heterocycles. The molecule has 3 rings (SSSR count). The summed E-state index contributed by atoms with van der Waals surface area (Å²) in [6, 6.07) is 6.05. The molecule has 1 saturated heterocycles. The second-order valence-corrected chi connectivity index (χ2v) is 6.30. The predicted molar refractivity (Wildman–Crippen MR) is 94.8 cm³/mol. The van der Waals surface area contributed by atoms with E-state index in [2.05, 4.69) is 16.3 Å². The molecule has 5 heteroatoms. The van der Waals surface area contributed by atoms with Crippen molar-refractivity contribution in [3.63, 3.8) is 0 Å². The van der Waals surface area contributed by atoms with Gasteiger partial charge in [-0.1, -0.05) is 25.0 Å². The highest BCUT2D eigenvalue weighted by molar-refractivity contribution is 5.85. The first-order valence-electron chi connectivity index (χ1n) is 7.96. The van der Waals surface area contributed by atoms with Crippen LogP contribution in [0.4, 0.5) is 4.39 Å². The number of aryl methyl sites for hydroxylation is 1. The summed E-state index contributed by atoms with van der Waals surface area (Å²) in [5.41, 5.74) is 1.93. The number of benzene rings is 1. The van der Waals surface area contributed by atoms with Crippen molar-refractivity contribution in [2.45, 2.75) is 38.6 Å². The molecule has 1 aromatic rings. The molecule has 2 nitrogen and oxygen atoms in total. The van der Waals surface area contributed by atoms with Gasteiger partial charge in [-0.3, -0.25) is 4.90 Å². The molecule has 1 atom stereocenters. The van der Waals surface area contributed by atoms with Gasteiger partial charge >= 0.3 is 0 Å². The van der Waals surface area contributed by atoms with E-state index in [-0.39, 0.29) is 36.7 Å². The molecule has 1 aromatic carbocycles. The minimum Gasteiger partial charge on any atom is -0.314 e. The maximum atomic E-state index is 14.5. The molecule has 2 aliphatic rings. The minimum absolute atomic E-state index is 0. The summed E-state index contributed by atoms with van der Waals surface area (Å²) in [5, 5.41) is 3.40. The molecule has 0 radical (unpaired) electrons. The highest BCUT2D eigenvalue weighted by atomic mass is 35.5. The quantitative estimate of drug-likeness (QED) is 0.883. The SMILES string of the molecule is Cc1ccc([C@H](C2CCCC2)N2CCNCC2)c(F)c1.Cl.Cl. The third kappa shape index (κ3) is 4.35. The molecular formula is C17H27Cl2FN2. The van der Waals surface area contributed by atoms with Gasteiger partial charge in [0.15, 0.2) is 0 Å². The highest BCUT2D eigenvalue weighted by Gasteiger charge is 2.33. The predicted octanol–water partition coefficient (Wildman–Crippen LogP) is 4.11. The average Bonchev–Trinajstić information content (AvgIpc) is 2.97. The van der Waals surface area contributed by atoms with Gasteiger partial charge in [0.2, 0.25) is 0 Å². The van der Waals surface area contributed by atoms with Gasteiger partial charge in [0, 0.05) is 37.8 Å². The van der Waals surface area contributed by atoms with Crippen molar-refractivity contribution in [1.29, 1.82) is 0 Å². The molecule has 1 N–H and O–H groups in total. The van der Waals surface area contributed by atoms with E-state index in [1.165, 1.54) is 25.7 Å². The lowest BCUT2D eigenvalue weighted by Crippen LogP contribution is -2.46. The molecular weight excluding hydrogens is 322 g/mol. The summed E-state index contributed by atoms with van der Waals surface area (Å²) in [4.78, 5) is 2.50. The number of hydrogen-bond acceptors (Lipinski definition) is 2. The summed E-state index contributed by atoms with van der Waals surface area (Å²) < 4.78 is 14.5.